The summed E-state index contributed by atoms with van der Waals surface area (Å²) in [6.07, 6.45) is 5.64. The smallest absolute Gasteiger partial charge is 0.231 e. The van der Waals surface area contributed by atoms with E-state index in [-0.39, 0.29) is 0 Å². The maximum absolute atomic E-state index is 6.71. The highest BCUT2D eigenvalue weighted by molar-refractivity contribution is 6.35. The Bertz CT molecular complexity index is 975. The van der Waals surface area contributed by atoms with Crippen LogP contribution in [0.3, 0.4) is 0 Å². The van der Waals surface area contributed by atoms with Gasteiger partial charge in [-0.05, 0) is 63.0 Å². The van der Waals surface area contributed by atoms with Gasteiger partial charge in [-0.2, -0.15) is 9.97 Å². The van der Waals surface area contributed by atoms with E-state index in [1.165, 1.54) is 12.8 Å². The quantitative estimate of drug-likeness (QED) is 0.271. The number of hydrazine groups is 1. The molecule has 1 aromatic carbocycles. The van der Waals surface area contributed by atoms with E-state index in [4.69, 9.17) is 23.2 Å². The normalized spacial score (nSPS) is 17.6. The van der Waals surface area contributed by atoms with Crippen molar-refractivity contribution in [3.63, 3.8) is 0 Å². The average Bonchev–Trinajstić information content (AvgIpc) is 3.57. The number of halogens is 2. The standard InChI is InChI=1S/C23H32Cl2N8/c1-3-33(4-2)13-7-12-26-21-20(25)22(28-19-14-18(31-32-19)15-10-11-15)30-23(29-21)27-17-9-6-5-8-16(17)24/h5-6,8-9,14-15,18,31-32H,3-4,7,10-13H2,1-2H3,(H3,26,27,28,29,30). The molecule has 2 aromatic rings. The van der Waals surface area contributed by atoms with Gasteiger partial charge in [0.2, 0.25) is 5.95 Å². The van der Waals surface area contributed by atoms with Crippen molar-refractivity contribution in [3.05, 3.63) is 46.2 Å². The Hall–Kier alpha value is -2.26. The van der Waals surface area contributed by atoms with Crippen LogP contribution in [0.2, 0.25) is 10.0 Å². The minimum absolute atomic E-state index is 0.325. The summed E-state index contributed by atoms with van der Waals surface area (Å²) >= 11 is 13.0. The Balaban J connectivity index is 1.51. The van der Waals surface area contributed by atoms with Crippen LogP contribution in [-0.2, 0) is 0 Å². The highest BCUT2D eigenvalue weighted by atomic mass is 35.5. The molecule has 0 amide bonds. The molecule has 4 rings (SSSR count). The van der Waals surface area contributed by atoms with Crippen molar-refractivity contribution in [3.8, 4) is 0 Å². The maximum Gasteiger partial charge on any atom is 0.231 e. The van der Waals surface area contributed by atoms with E-state index in [1.807, 2.05) is 24.3 Å². The number of hydrogen-bond donors (Lipinski definition) is 5. The molecule has 1 saturated carbocycles. The Morgan fingerprint density at radius 3 is 2.55 bits per heavy atom. The summed E-state index contributed by atoms with van der Waals surface area (Å²) in [5, 5.41) is 10.9. The molecule has 1 aliphatic carbocycles. The number of nitrogens with one attached hydrogen (secondary N) is 5. The molecule has 178 valence electrons. The second-order valence-corrected chi connectivity index (χ2v) is 9.09. The van der Waals surface area contributed by atoms with Crippen LogP contribution < -0.4 is 26.8 Å². The van der Waals surface area contributed by atoms with Crippen LogP contribution in [0.4, 0.5) is 23.3 Å². The minimum atomic E-state index is 0.325. The predicted octanol–water partition coefficient (Wildman–Crippen LogP) is 4.81. The third kappa shape index (κ3) is 6.41. The van der Waals surface area contributed by atoms with Crippen LogP contribution in [-0.4, -0.2) is 47.1 Å². The fourth-order valence-corrected chi connectivity index (χ4v) is 4.15. The van der Waals surface area contributed by atoms with E-state index in [0.29, 0.717) is 39.6 Å². The minimum Gasteiger partial charge on any atom is -0.369 e. The second kappa shape index (κ2) is 11.2. The topological polar surface area (TPSA) is 89.2 Å². The van der Waals surface area contributed by atoms with E-state index in [9.17, 15) is 0 Å². The number of rotatable bonds is 12. The zero-order valence-corrected chi connectivity index (χ0v) is 20.6. The largest absolute Gasteiger partial charge is 0.369 e. The SMILES string of the molecule is CCN(CC)CCCNc1nc(Nc2ccccc2Cl)nc(NC2=CC(C3CC3)NN2)c1Cl. The molecule has 1 atom stereocenters. The molecule has 1 aliphatic heterocycles. The van der Waals surface area contributed by atoms with E-state index >= 15 is 0 Å². The van der Waals surface area contributed by atoms with Crippen LogP contribution in [0, 0.1) is 5.92 Å². The van der Waals surface area contributed by atoms with Crippen LogP contribution in [0.1, 0.15) is 33.1 Å². The van der Waals surface area contributed by atoms with Crippen molar-refractivity contribution in [2.24, 2.45) is 5.92 Å². The van der Waals surface area contributed by atoms with Gasteiger partial charge in [-0.1, -0.05) is 49.2 Å². The van der Waals surface area contributed by atoms with Gasteiger partial charge < -0.3 is 26.3 Å². The third-order valence-electron chi connectivity index (χ3n) is 5.91. The molecule has 10 heteroatoms. The molecule has 1 aromatic heterocycles. The van der Waals surface area contributed by atoms with Crippen LogP contribution >= 0.6 is 23.2 Å². The van der Waals surface area contributed by atoms with Crippen LogP contribution in [0.15, 0.2) is 36.2 Å². The second-order valence-electron chi connectivity index (χ2n) is 8.31. The molecule has 0 radical (unpaired) electrons. The van der Waals surface area contributed by atoms with E-state index < -0.39 is 0 Å². The van der Waals surface area contributed by atoms with Gasteiger partial charge in [-0.15, -0.1) is 0 Å². The summed E-state index contributed by atoms with van der Waals surface area (Å²) in [6.45, 7) is 8.22. The summed E-state index contributed by atoms with van der Waals surface area (Å²) in [5.41, 5.74) is 7.23. The summed E-state index contributed by atoms with van der Waals surface area (Å²) in [7, 11) is 0. The number of para-hydroxylation sites is 1. The number of aromatic nitrogens is 2. The number of anilines is 4. The van der Waals surface area contributed by atoms with Gasteiger partial charge in [0, 0.05) is 6.54 Å². The predicted molar refractivity (Wildman–Crippen MR) is 137 cm³/mol. The molecule has 1 unspecified atom stereocenters. The highest BCUT2D eigenvalue weighted by Crippen LogP contribution is 2.35. The van der Waals surface area contributed by atoms with Gasteiger partial charge in [-0.25, -0.2) is 5.43 Å². The van der Waals surface area contributed by atoms with Gasteiger partial charge >= 0.3 is 0 Å². The van der Waals surface area contributed by atoms with Gasteiger partial charge in [0.1, 0.15) is 10.8 Å². The lowest BCUT2D eigenvalue weighted by molar-refractivity contribution is 0.303. The monoisotopic (exact) mass is 490 g/mol. The number of nitrogens with zero attached hydrogens (tertiary/aromatic N) is 3. The Labute approximate surface area is 205 Å². The molecule has 2 aliphatic rings. The summed E-state index contributed by atoms with van der Waals surface area (Å²) in [4.78, 5) is 11.6. The van der Waals surface area contributed by atoms with Crippen molar-refractivity contribution in [2.45, 2.75) is 39.2 Å². The Morgan fingerprint density at radius 2 is 1.82 bits per heavy atom. The third-order valence-corrected chi connectivity index (χ3v) is 6.60. The van der Waals surface area contributed by atoms with Crippen molar-refractivity contribution < 1.29 is 0 Å². The summed E-state index contributed by atoms with van der Waals surface area (Å²) < 4.78 is 0. The first kappa shape index (κ1) is 23.9. The van der Waals surface area contributed by atoms with Crippen molar-refractivity contribution in [2.75, 3.05) is 42.1 Å². The average molecular weight is 491 g/mol. The molecular weight excluding hydrogens is 459 g/mol. The van der Waals surface area contributed by atoms with Gasteiger partial charge in [-0.3, -0.25) is 0 Å². The molecule has 5 N–H and O–H groups in total. The van der Waals surface area contributed by atoms with Crippen molar-refractivity contribution >= 4 is 46.5 Å². The molecular formula is C23H32Cl2N8. The Kier molecular flexibility index (Phi) is 8.14. The van der Waals surface area contributed by atoms with Crippen molar-refractivity contribution in [1.29, 1.82) is 0 Å². The zero-order chi connectivity index (χ0) is 23.2. The summed E-state index contributed by atoms with van der Waals surface area (Å²) in [5.74, 6) is 3.03. The van der Waals surface area contributed by atoms with Gasteiger partial charge in [0.05, 0.1) is 16.8 Å². The lowest BCUT2D eigenvalue weighted by Crippen LogP contribution is -2.34. The Morgan fingerprint density at radius 1 is 1.06 bits per heavy atom. The highest BCUT2D eigenvalue weighted by Gasteiger charge is 2.32. The number of benzene rings is 1. The molecule has 0 bridgehead atoms. The first-order valence-corrected chi connectivity index (χ1v) is 12.4. The lowest BCUT2D eigenvalue weighted by atomic mass is 10.2. The summed E-state index contributed by atoms with van der Waals surface area (Å²) in [6, 6.07) is 7.82. The van der Waals surface area contributed by atoms with Gasteiger partial charge in [0.25, 0.3) is 0 Å². The first-order valence-electron chi connectivity index (χ1n) is 11.6. The molecule has 2 heterocycles. The fourth-order valence-electron chi connectivity index (χ4n) is 3.77. The molecule has 8 nitrogen and oxygen atoms in total. The molecule has 1 fully saturated rings. The van der Waals surface area contributed by atoms with Crippen LogP contribution in [0.25, 0.3) is 0 Å². The van der Waals surface area contributed by atoms with Crippen molar-refractivity contribution in [1.82, 2.24) is 25.7 Å². The molecule has 0 saturated heterocycles. The number of hydrogen-bond acceptors (Lipinski definition) is 8. The van der Waals surface area contributed by atoms with E-state index in [1.54, 1.807) is 0 Å². The maximum atomic E-state index is 6.71. The lowest BCUT2D eigenvalue weighted by Gasteiger charge is -2.19. The van der Waals surface area contributed by atoms with E-state index in [0.717, 1.165) is 44.1 Å². The molecule has 33 heavy (non-hydrogen) atoms. The fraction of sp³-hybridized carbons (Fsp3) is 0.478. The molecule has 0 spiro atoms. The first-order chi connectivity index (χ1) is 16.1. The van der Waals surface area contributed by atoms with Gasteiger partial charge in [0.15, 0.2) is 11.6 Å². The van der Waals surface area contributed by atoms with Crippen LogP contribution in [0.5, 0.6) is 0 Å². The zero-order valence-electron chi connectivity index (χ0n) is 19.1. The van der Waals surface area contributed by atoms with E-state index in [2.05, 4.69) is 61.6 Å².